The van der Waals surface area contributed by atoms with Gasteiger partial charge >= 0.3 is 11.9 Å². The number of carbonyl (C=O) groups excluding carboxylic acids is 2. The molecule has 1 amide bonds. The molecule has 0 aliphatic rings. The van der Waals surface area contributed by atoms with Crippen LogP contribution in [-0.4, -0.2) is 69.1 Å². The predicted octanol–water partition coefficient (Wildman–Crippen LogP) is 1.57. The van der Waals surface area contributed by atoms with Crippen molar-refractivity contribution in [3.63, 3.8) is 0 Å². The van der Waals surface area contributed by atoms with Gasteiger partial charge < -0.3 is 29.4 Å². The van der Waals surface area contributed by atoms with Crippen LogP contribution in [0.25, 0.3) is 0 Å². The van der Waals surface area contributed by atoms with Crippen LogP contribution in [0.5, 0.6) is 5.75 Å². The highest BCUT2D eigenvalue weighted by atomic mass is 16.5. The Morgan fingerprint density at radius 3 is 2.27 bits per heavy atom. The first-order valence-corrected chi connectivity index (χ1v) is 9.92. The molecule has 0 saturated heterocycles. The van der Waals surface area contributed by atoms with Crippen molar-refractivity contribution in [1.29, 1.82) is 0 Å². The summed E-state index contributed by atoms with van der Waals surface area (Å²) in [6, 6.07) is 6.31. The molecular formula is C21H31NO8. The maximum atomic E-state index is 12.0. The summed E-state index contributed by atoms with van der Waals surface area (Å²) < 4.78 is 20.8. The van der Waals surface area contributed by atoms with Gasteiger partial charge in [0.15, 0.2) is 0 Å². The molecule has 1 rings (SSSR count). The molecule has 0 aromatic heterocycles. The number of aliphatic carboxylic acids is 1. The Balaban J connectivity index is 2.45. The average molecular weight is 425 g/mol. The minimum atomic E-state index is -0.905. The summed E-state index contributed by atoms with van der Waals surface area (Å²) in [5.74, 6) is -1.08. The smallest absolute Gasteiger partial charge is 0.328 e. The van der Waals surface area contributed by atoms with E-state index in [9.17, 15) is 14.4 Å². The zero-order chi connectivity index (χ0) is 22.2. The summed E-state index contributed by atoms with van der Waals surface area (Å²) in [6.45, 7) is 3.60. The van der Waals surface area contributed by atoms with Gasteiger partial charge in [0.1, 0.15) is 18.4 Å². The Bertz CT molecular complexity index is 647. The SMILES string of the molecule is CCCOCCC(=O)N[C@@H](Cc1ccc(OCCOCCC(=O)O)cc1)C(=O)OC. The number of carboxylic acid groups (broad SMARTS) is 1. The highest BCUT2D eigenvalue weighted by molar-refractivity contribution is 5.84. The Morgan fingerprint density at radius 1 is 0.967 bits per heavy atom. The first-order valence-electron chi connectivity index (χ1n) is 9.92. The van der Waals surface area contributed by atoms with Gasteiger partial charge in [-0.1, -0.05) is 19.1 Å². The standard InChI is InChI=1S/C21H31NO8/c1-3-10-28-11-8-19(23)22-18(21(26)27-2)15-16-4-6-17(7-5-16)30-14-13-29-12-9-20(24)25/h4-7,18H,3,8-15H2,1-2H3,(H,22,23)(H,24,25)/t18-/m0/s1. The molecule has 0 radical (unpaired) electrons. The van der Waals surface area contributed by atoms with Crippen LogP contribution in [-0.2, 0) is 35.0 Å². The first kappa shape index (κ1) is 25.4. The molecule has 0 spiro atoms. The van der Waals surface area contributed by atoms with Crippen LogP contribution in [0.4, 0.5) is 0 Å². The van der Waals surface area contributed by atoms with Crippen molar-refractivity contribution in [3.8, 4) is 5.75 Å². The van der Waals surface area contributed by atoms with Gasteiger partial charge in [-0.3, -0.25) is 9.59 Å². The number of methoxy groups -OCH3 is 1. The Morgan fingerprint density at radius 2 is 1.63 bits per heavy atom. The number of benzene rings is 1. The predicted molar refractivity (Wildman–Crippen MR) is 108 cm³/mol. The van der Waals surface area contributed by atoms with Crippen molar-refractivity contribution < 1.29 is 38.4 Å². The second-order valence-electron chi connectivity index (χ2n) is 6.46. The maximum absolute atomic E-state index is 12.0. The fourth-order valence-corrected chi connectivity index (χ4v) is 2.45. The van der Waals surface area contributed by atoms with Gasteiger partial charge in [0, 0.05) is 19.4 Å². The highest BCUT2D eigenvalue weighted by Gasteiger charge is 2.21. The van der Waals surface area contributed by atoms with Crippen LogP contribution >= 0.6 is 0 Å². The Hall–Kier alpha value is -2.65. The van der Waals surface area contributed by atoms with Gasteiger partial charge in [-0.05, 0) is 24.1 Å². The number of amides is 1. The lowest BCUT2D eigenvalue weighted by Crippen LogP contribution is -2.43. The number of nitrogens with one attached hydrogen (secondary N) is 1. The van der Waals surface area contributed by atoms with Gasteiger partial charge in [0.2, 0.25) is 5.91 Å². The molecule has 9 heteroatoms. The largest absolute Gasteiger partial charge is 0.491 e. The number of carboxylic acids is 1. The van der Waals surface area contributed by atoms with E-state index >= 15 is 0 Å². The molecule has 0 bridgehead atoms. The third-order valence-corrected chi connectivity index (χ3v) is 3.96. The van der Waals surface area contributed by atoms with Crippen molar-refractivity contribution in [2.45, 2.75) is 38.6 Å². The van der Waals surface area contributed by atoms with E-state index in [-0.39, 0.29) is 38.4 Å². The zero-order valence-corrected chi connectivity index (χ0v) is 17.6. The fraction of sp³-hybridized carbons (Fsp3) is 0.571. The van der Waals surface area contributed by atoms with Crippen molar-refractivity contribution in [3.05, 3.63) is 29.8 Å². The van der Waals surface area contributed by atoms with Crippen LogP contribution < -0.4 is 10.1 Å². The lowest BCUT2D eigenvalue weighted by Gasteiger charge is -2.17. The summed E-state index contributed by atoms with van der Waals surface area (Å²) in [6.07, 6.45) is 1.30. The van der Waals surface area contributed by atoms with E-state index in [1.54, 1.807) is 24.3 Å². The van der Waals surface area contributed by atoms with Crippen molar-refractivity contribution in [2.75, 3.05) is 40.1 Å². The molecule has 0 saturated carbocycles. The number of hydrogen-bond donors (Lipinski definition) is 2. The van der Waals surface area contributed by atoms with Crippen molar-refractivity contribution in [1.82, 2.24) is 5.32 Å². The number of hydrogen-bond acceptors (Lipinski definition) is 7. The van der Waals surface area contributed by atoms with Crippen LogP contribution in [0.3, 0.4) is 0 Å². The number of esters is 1. The lowest BCUT2D eigenvalue weighted by atomic mass is 10.1. The lowest BCUT2D eigenvalue weighted by molar-refractivity contribution is -0.145. The second-order valence-corrected chi connectivity index (χ2v) is 6.46. The minimum Gasteiger partial charge on any atom is -0.491 e. The molecule has 0 aliphatic heterocycles. The molecule has 30 heavy (non-hydrogen) atoms. The van der Waals surface area contributed by atoms with Crippen LogP contribution in [0.15, 0.2) is 24.3 Å². The molecule has 0 unspecified atom stereocenters. The number of ether oxygens (including phenoxy) is 4. The molecule has 2 N–H and O–H groups in total. The summed E-state index contributed by atoms with van der Waals surface area (Å²) in [4.78, 5) is 34.5. The topological polar surface area (TPSA) is 120 Å². The molecule has 1 aromatic carbocycles. The highest BCUT2D eigenvalue weighted by Crippen LogP contribution is 2.14. The van der Waals surface area contributed by atoms with Gasteiger partial charge in [-0.2, -0.15) is 0 Å². The van der Waals surface area contributed by atoms with E-state index in [1.165, 1.54) is 7.11 Å². The van der Waals surface area contributed by atoms with Crippen molar-refractivity contribution >= 4 is 17.8 Å². The average Bonchev–Trinajstić information content (AvgIpc) is 2.73. The van der Waals surface area contributed by atoms with E-state index in [2.05, 4.69) is 5.32 Å². The van der Waals surface area contributed by atoms with E-state index < -0.39 is 18.0 Å². The van der Waals surface area contributed by atoms with Crippen molar-refractivity contribution in [2.24, 2.45) is 0 Å². The molecule has 9 nitrogen and oxygen atoms in total. The molecule has 1 aromatic rings. The number of carbonyl (C=O) groups is 3. The minimum absolute atomic E-state index is 0.0433. The van der Waals surface area contributed by atoms with E-state index in [1.807, 2.05) is 6.92 Å². The normalized spacial score (nSPS) is 11.5. The maximum Gasteiger partial charge on any atom is 0.328 e. The second kappa shape index (κ2) is 15.2. The van der Waals surface area contributed by atoms with E-state index in [0.717, 1.165) is 12.0 Å². The molecule has 0 fully saturated rings. The quantitative estimate of drug-likeness (QED) is 0.302. The summed E-state index contributed by atoms with van der Waals surface area (Å²) >= 11 is 0. The fourth-order valence-electron chi connectivity index (χ4n) is 2.45. The molecular weight excluding hydrogens is 394 g/mol. The third-order valence-electron chi connectivity index (χ3n) is 3.96. The molecule has 168 valence electrons. The molecule has 0 aliphatic carbocycles. The summed E-state index contributed by atoms with van der Waals surface area (Å²) in [5.41, 5.74) is 0.831. The molecule has 0 heterocycles. The van der Waals surface area contributed by atoms with Crippen LogP contribution in [0.1, 0.15) is 31.7 Å². The third kappa shape index (κ3) is 11.4. The summed E-state index contributed by atoms with van der Waals surface area (Å²) in [7, 11) is 1.28. The van der Waals surface area contributed by atoms with Gasteiger partial charge in [0.25, 0.3) is 0 Å². The monoisotopic (exact) mass is 425 g/mol. The van der Waals surface area contributed by atoms with E-state index in [0.29, 0.717) is 25.6 Å². The number of rotatable bonds is 16. The van der Waals surface area contributed by atoms with Gasteiger partial charge in [-0.25, -0.2) is 4.79 Å². The summed E-state index contributed by atoms with van der Waals surface area (Å²) in [5, 5.41) is 11.2. The Kier molecular flexibility index (Phi) is 12.9. The van der Waals surface area contributed by atoms with Crippen LogP contribution in [0, 0.1) is 0 Å². The van der Waals surface area contributed by atoms with Crippen LogP contribution in [0.2, 0.25) is 0 Å². The van der Waals surface area contributed by atoms with Gasteiger partial charge in [-0.15, -0.1) is 0 Å². The zero-order valence-electron chi connectivity index (χ0n) is 17.6. The van der Waals surface area contributed by atoms with E-state index in [4.69, 9.17) is 24.1 Å². The first-order chi connectivity index (χ1) is 14.5. The van der Waals surface area contributed by atoms with Gasteiger partial charge in [0.05, 0.1) is 33.4 Å². The molecule has 1 atom stereocenters. The Labute approximate surface area is 176 Å².